The van der Waals surface area contributed by atoms with E-state index in [0.717, 1.165) is 11.1 Å². The minimum absolute atomic E-state index is 0.188. The van der Waals surface area contributed by atoms with Gasteiger partial charge >= 0.3 is 0 Å². The quantitative estimate of drug-likeness (QED) is 0.861. The van der Waals surface area contributed by atoms with E-state index >= 15 is 0 Å². The van der Waals surface area contributed by atoms with Crippen LogP contribution in [0.2, 0.25) is 0 Å². The van der Waals surface area contributed by atoms with E-state index in [9.17, 15) is 10.2 Å². The maximum atomic E-state index is 11.4. The van der Waals surface area contributed by atoms with Gasteiger partial charge in [0, 0.05) is 5.92 Å². The Hall–Kier alpha value is -2.44. The number of aliphatic hydroxyl groups is 2. The Balaban J connectivity index is 1.52. The third kappa shape index (κ3) is 2.06. The van der Waals surface area contributed by atoms with Crippen molar-refractivity contribution < 1.29 is 29.2 Å². The van der Waals surface area contributed by atoms with Crippen molar-refractivity contribution in [3.05, 3.63) is 47.5 Å². The zero-order chi connectivity index (χ0) is 17.9. The van der Waals surface area contributed by atoms with E-state index in [2.05, 4.69) is 0 Å². The van der Waals surface area contributed by atoms with E-state index in [1.807, 2.05) is 31.2 Å². The zero-order valence-electron chi connectivity index (χ0n) is 14.4. The van der Waals surface area contributed by atoms with Gasteiger partial charge in [-0.2, -0.15) is 0 Å². The molecule has 0 radical (unpaired) electrons. The van der Waals surface area contributed by atoms with Crippen LogP contribution in [0.5, 0.6) is 23.0 Å². The summed E-state index contributed by atoms with van der Waals surface area (Å²) < 4.78 is 21.6. The molecule has 1 aliphatic carbocycles. The molecule has 6 heteroatoms. The summed E-state index contributed by atoms with van der Waals surface area (Å²) in [6.07, 6.45) is 0.886. The van der Waals surface area contributed by atoms with Crippen LogP contribution in [0.25, 0.3) is 0 Å². The number of ether oxygens (including phenoxy) is 4. The zero-order valence-corrected chi connectivity index (χ0v) is 14.4. The second-order valence-electron chi connectivity index (χ2n) is 7.21. The summed E-state index contributed by atoms with van der Waals surface area (Å²) in [4.78, 5) is 0. The molecule has 2 aromatic rings. The summed E-state index contributed by atoms with van der Waals surface area (Å²) in [6.45, 7) is 2.25. The van der Waals surface area contributed by atoms with Gasteiger partial charge in [-0.25, -0.2) is 0 Å². The van der Waals surface area contributed by atoms with Gasteiger partial charge < -0.3 is 29.2 Å². The lowest BCUT2D eigenvalue weighted by Crippen LogP contribution is -2.38. The van der Waals surface area contributed by atoms with Crippen LogP contribution in [0.4, 0.5) is 0 Å². The third-order valence-corrected chi connectivity index (χ3v) is 6.06. The maximum Gasteiger partial charge on any atom is 0.231 e. The highest BCUT2D eigenvalue weighted by Gasteiger charge is 2.55. The standard InChI is InChI=1S/C20H20O6/c1-12-19(21,13-2-4-15-17(8-13)25-10-23-15)6-7-20(12,22)14-3-5-16-18(9-14)26-11-24-16/h2-5,8-9,12,21-22H,6-7,10-11H2,1H3/t12?,19-,20+. The number of rotatable bonds is 2. The van der Waals surface area contributed by atoms with E-state index in [1.165, 1.54) is 0 Å². The van der Waals surface area contributed by atoms with Gasteiger partial charge in [-0.05, 0) is 48.2 Å². The highest BCUT2D eigenvalue weighted by atomic mass is 16.7. The van der Waals surface area contributed by atoms with Crippen molar-refractivity contribution in [2.24, 2.45) is 5.92 Å². The lowest BCUT2D eigenvalue weighted by Gasteiger charge is -2.35. The molecular formula is C20H20O6. The Morgan fingerprint density at radius 1 is 0.731 bits per heavy atom. The van der Waals surface area contributed by atoms with E-state index < -0.39 is 17.1 Å². The van der Waals surface area contributed by atoms with Crippen molar-refractivity contribution >= 4 is 0 Å². The van der Waals surface area contributed by atoms with Crippen LogP contribution < -0.4 is 18.9 Å². The normalized spacial score (nSPS) is 31.4. The molecule has 0 saturated heterocycles. The first-order valence-corrected chi connectivity index (χ1v) is 8.76. The molecule has 26 heavy (non-hydrogen) atoms. The topological polar surface area (TPSA) is 77.4 Å². The molecule has 3 aliphatic rings. The Labute approximate surface area is 150 Å². The molecular weight excluding hydrogens is 336 g/mol. The number of fused-ring (bicyclic) bond motifs is 2. The molecule has 5 rings (SSSR count). The number of hydrogen-bond donors (Lipinski definition) is 2. The molecule has 0 aromatic heterocycles. The second kappa shape index (κ2) is 5.28. The molecule has 1 unspecified atom stereocenters. The van der Waals surface area contributed by atoms with Crippen molar-refractivity contribution in [3.63, 3.8) is 0 Å². The van der Waals surface area contributed by atoms with E-state index in [1.54, 1.807) is 12.1 Å². The van der Waals surface area contributed by atoms with Gasteiger partial charge in [0.25, 0.3) is 0 Å². The van der Waals surface area contributed by atoms with Gasteiger partial charge in [-0.3, -0.25) is 0 Å². The maximum absolute atomic E-state index is 11.4. The highest BCUT2D eigenvalue weighted by Crippen LogP contribution is 2.55. The lowest BCUT2D eigenvalue weighted by molar-refractivity contribution is -0.0737. The molecule has 0 spiro atoms. The first-order valence-electron chi connectivity index (χ1n) is 8.76. The van der Waals surface area contributed by atoms with Gasteiger partial charge in [0.05, 0.1) is 11.2 Å². The average Bonchev–Trinajstić information content (AvgIpc) is 3.36. The molecule has 2 heterocycles. The van der Waals surface area contributed by atoms with Gasteiger partial charge in [0.1, 0.15) is 0 Å². The van der Waals surface area contributed by atoms with Crippen molar-refractivity contribution in [1.29, 1.82) is 0 Å². The Morgan fingerprint density at radius 2 is 1.15 bits per heavy atom. The van der Waals surface area contributed by atoms with Gasteiger partial charge in [-0.1, -0.05) is 19.1 Å². The summed E-state index contributed by atoms with van der Waals surface area (Å²) in [5.74, 6) is 2.18. The van der Waals surface area contributed by atoms with Crippen LogP contribution in [0.15, 0.2) is 36.4 Å². The Morgan fingerprint density at radius 3 is 1.62 bits per heavy atom. The minimum Gasteiger partial charge on any atom is -0.454 e. The van der Waals surface area contributed by atoms with Crippen LogP contribution in [0, 0.1) is 5.92 Å². The first-order chi connectivity index (χ1) is 12.5. The number of hydrogen-bond acceptors (Lipinski definition) is 6. The monoisotopic (exact) mass is 356 g/mol. The van der Waals surface area contributed by atoms with Crippen LogP contribution in [-0.4, -0.2) is 23.8 Å². The second-order valence-corrected chi connectivity index (χ2v) is 7.21. The summed E-state index contributed by atoms with van der Waals surface area (Å²) in [5.41, 5.74) is -0.866. The summed E-state index contributed by atoms with van der Waals surface area (Å²) >= 11 is 0. The first kappa shape index (κ1) is 15.8. The molecule has 2 aliphatic heterocycles. The minimum atomic E-state index is -1.16. The molecule has 1 fully saturated rings. The van der Waals surface area contributed by atoms with E-state index in [-0.39, 0.29) is 13.6 Å². The van der Waals surface area contributed by atoms with Crippen molar-refractivity contribution in [1.82, 2.24) is 0 Å². The molecule has 136 valence electrons. The van der Waals surface area contributed by atoms with Crippen molar-refractivity contribution in [2.45, 2.75) is 31.0 Å². The van der Waals surface area contributed by atoms with Crippen LogP contribution in [0.1, 0.15) is 30.9 Å². The fraction of sp³-hybridized carbons (Fsp3) is 0.400. The van der Waals surface area contributed by atoms with Crippen molar-refractivity contribution in [2.75, 3.05) is 13.6 Å². The van der Waals surface area contributed by atoms with Gasteiger partial charge in [-0.15, -0.1) is 0 Å². The molecule has 3 atom stereocenters. The molecule has 6 nitrogen and oxygen atoms in total. The molecule has 1 saturated carbocycles. The van der Waals surface area contributed by atoms with Gasteiger partial charge in [0.15, 0.2) is 23.0 Å². The van der Waals surface area contributed by atoms with Crippen LogP contribution in [0.3, 0.4) is 0 Å². The summed E-state index contributed by atoms with van der Waals surface area (Å²) in [6, 6.07) is 10.9. The Bertz CT molecular complexity index is 809. The third-order valence-electron chi connectivity index (χ3n) is 6.06. The van der Waals surface area contributed by atoms with E-state index in [4.69, 9.17) is 18.9 Å². The fourth-order valence-corrected chi connectivity index (χ4v) is 4.33. The highest BCUT2D eigenvalue weighted by molar-refractivity contribution is 5.49. The van der Waals surface area contributed by atoms with Crippen LogP contribution >= 0.6 is 0 Å². The summed E-state index contributed by atoms with van der Waals surface area (Å²) in [7, 11) is 0. The smallest absolute Gasteiger partial charge is 0.231 e. The summed E-state index contributed by atoms with van der Waals surface area (Å²) in [5, 5.41) is 22.9. The Kier molecular flexibility index (Phi) is 3.21. The molecule has 0 bridgehead atoms. The molecule has 2 aromatic carbocycles. The lowest BCUT2D eigenvalue weighted by atomic mass is 9.77. The van der Waals surface area contributed by atoms with Gasteiger partial charge in [0.2, 0.25) is 13.6 Å². The predicted octanol–water partition coefficient (Wildman–Crippen LogP) is 2.65. The molecule has 0 amide bonds. The van der Waals surface area contributed by atoms with Crippen molar-refractivity contribution in [3.8, 4) is 23.0 Å². The SMILES string of the molecule is CC1[C@](O)(c2ccc3c(c2)OCO3)CC[C@]1(O)c1ccc2c(c1)OCO2. The molecule has 2 N–H and O–H groups in total. The predicted molar refractivity (Wildman–Crippen MR) is 91.3 cm³/mol. The fourth-order valence-electron chi connectivity index (χ4n) is 4.33. The number of benzene rings is 2. The van der Waals surface area contributed by atoms with Crippen LogP contribution in [-0.2, 0) is 11.2 Å². The largest absolute Gasteiger partial charge is 0.454 e. The average molecular weight is 356 g/mol. The van der Waals surface area contributed by atoms with E-state index in [0.29, 0.717) is 35.8 Å².